The summed E-state index contributed by atoms with van der Waals surface area (Å²) >= 11 is 0. The highest BCUT2D eigenvalue weighted by molar-refractivity contribution is 6.99. The second-order valence-electron chi connectivity index (χ2n) is 17.0. The van der Waals surface area contributed by atoms with Gasteiger partial charge in [0.15, 0.2) is 0 Å². The summed E-state index contributed by atoms with van der Waals surface area (Å²) in [6.07, 6.45) is 6.55. The quantitative estimate of drug-likeness (QED) is 0.0714. The Morgan fingerprint density at radius 1 is 0.696 bits per heavy atom. The van der Waals surface area contributed by atoms with Gasteiger partial charge in [-0.15, -0.1) is 0 Å². The average Bonchev–Trinajstić information content (AvgIpc) is 3.69. The summed E-state index contributed by atoms with van der Waals surface area (Å²) in [5.41, 5.74) is 2.70. The monoisotopic (exact) mass is 765 g/mol. The second-order valence-corrected chi connectivity index (χ2v) is 21.3. The Morgan fingerprint density at radius 2 is 1.16 bits per heavy atom. The van der Waals surface area contributed by atoms with Crippen LogP contribution in [0, 0.1) is 23.7 Å². The highest BCUT2D eigenvalue weighted by atomic mass is 28.4. The topological polar surface area (TPSA) is 47.6 Å². The SMILES string of the molecule is CCC[C@@H](CCNC(C)=O)[C@H](CO[Si](c1ccccc1)(c1ccccc1)C(C)(C)C)C1CCC(COC(c2ccccc2)(c2ccccc2)c2ccccc2)C1. The number of nitrogens with one attached hydrogen (secondary N) is 1. The predicted octanol–water partition coefficient (Wildman–Crippen LogP) is 10.5. The van der Waals surface area contributed by atoms with E-state index in [4.69, 9.17) is 9.16 Å². The molecule has 0 spiro atoms. The molecule has 0 radical (unpaired) electrons. The fourth-order valence-electron chi connectivity index (χ4n) is 9.68. The van der Waals surface area contributed by atoms with Crippen molar-refractivity contribution >= 4 is 24.6 Å². The normalized spacial score (nSPS) is 17.3. The maximum Gasteiger partial charge on any atom is 0.261 e. The van der Waals surface area contributed by atoms with Crippen molar-refractivity contribution < 1.29 is 14.0 Å². The Labute approximate surface area is 338 Å². The summed E-state index contributed by atoms with van der Waals surface area (Å²) in [4.78, 5) is 12.0. The first kappa shape index (κ1) is 41.3. The van der Waals surface area contributed by atoms with Gasteiger partial charge in [0.05, 0.1) is 6.61 Å². The molecule has 0 aromatic heterocycles. The number of hydrogen-bond donors (Lipinski definition) is 1. The molecule has 5 aromatic rings. The molecule has 1 aliphatic carbocycles. The largest absolute Gasteiger partial charge is 0.407 e. The molecule has 4 atom stereocenters. The zero-order valence-electron chi connectivity index (χ0n) is 34.3. The van der Waals surface area contributed by atoms with Crippen LogP contribution in [0.4, 0.5) is 0 Å². The molecular formula is C51H63NO3Si. The van der Waals surface area contributed by atoms with Crippen molar-refractivity contribution in [3.63, 3.8) is 0 Å². The number of carbonyl (C=O) groups is 1. The number of rotatable bonds is 18. The predicted molar refractivity (Wildman–Crippen MR) is 235 cm³/mol. The zero-order valence-corrected chi connectivity index (χ0v) is 35.3. The average molecular weight is 766 g/mol. The van der Waals surface area contributed by atoms with Crippen LogP contribution in [-0.4, -0.2) is 34.0 Å². The van der Waals surface area contributed by atoms with Gasteiger partial charge in [-0.25, -0.2) is 0 Å². The minimum Gasteiger partial charge on any atom is -0.407 e. The molecule has 1 aliphatic rings. The van der Waals surface area contributed by atoms with E-state index in [1.54, 1.807) is 6.92 Å². The van der Waals surface area contributed by atoms with Crippen molar-refractivity contribution in [3.05, 3.63) is 168 Å². The molecule has 1 N–H and O–H groups in total. The molecule has 0 bridgehead atoms. The number of amides is 1. The molecule has 6 rings (SSSR count). The Balaban J connectivity index is 1.32. The van der Waals surface area contributed by atoms with E-state index < -0.39 is 13.9 Å². The lowest BCUT2D eigenvalue weighted by Gasteiger charge is -2.45. The van der Waals surface area contributed by atoms with Gasteiger partial charge in [-0.05, 0) is 81.5 Å². The van der Waals surface area contributed by atoms with Crippen LogP contribution in [0.5, 0.6) is 0 Å². The van der Waals surface area contributed by atoms with Crippen LogP contribution in [0.1, 0.15) is 89.8 Å². The third-order valence-corrected chi connectivity index (χ3v) is 17.3. The summed E-state index contributed by atoms with van der Waals surface area (Å²) in [5.74, 6) is 1.75. The van der Waals surface area contributed by atoms with E-state index in [2.05, 4.69) is 185 Å². The number of hydrogen-bond acceptors (Lipinski definition) is 3. The Kier molecular flexibility index (Phi) is 14.2. The summed E-state index contributed by atoms with van der Waals surface area (Å²) < 4.78 is 15.1. The van der Waals surface area contributed by atoms with Crippen molar-refractivity contribution in [2.45, 2.75) is 83.8 Å². The van der Waals surface area contributed by atoms with E-state index in [0.29, 0.717) is 43.4 Å². The standard InChI is InChI=1S/C51H63NO3Si/c1-6-22-42(35-36-52-40(2)53)49(39-55-56(50(3,4)5,47-29-18-10-19-30-47)48-31-20-11-21-32-48)43-34-33-41(37-43)38-54-51(44-23-12-7-13-24-44,45-25-14-8-15-26-45)46-27-16-9-17-28-46/h7-21,23-32,41-43,49H,6,22,33-39H2,1-5H3,(H,52,53)/t41?,42-,43?,49-/m0/s1. The van der Waals surface area contributed by atoms with Gasteiger partial charge >= 0.3 is 0 Å². The molecule has 1 amide bonds. The van der Waals surface area contributed by atoms with Gasteiger partial charge in [0.25, 0.3) is 8.32 Å². The second kappa shape index (κ2) is 19.2. The van der Waals surface area contributed by atoms with Crippen LogP contribution >= 0.6 is 0 Å². The zero-order chi connectivity index (χ0) is 39.4. The number of carbonyl (C=O) groups excluding carboxylic acids is 1. The van der Waals surface area contributed by atoms with Crippen molar-refractivity contribution in [1.82, 2.24) is 5.32 Å². The molecule has 5 aromatic carbocycles. The molecule has 0 saturated heterocycles. The highest BCUT2D eigenvalue weighted by Crippen LogP contribution is 2.46. The van der Waals surface area contributed by atoms with Crippen molar-refractivity contribution in [3.8, 4) is 0 Å². The van der Waals surface area contributed by atoms with E-state index in [1.807, 2.05) is 0 Å². The summed E-state index contributed by atoms with van der Waals surface area (Å²) in [7, 11) is -2.74. The highest BCUT2D eigenvalue weighted by Gasteiger charge is 2.51. The van der Waals surface area contributed by atoms with Crippen LogP contribution in [0.15, 0.2) is 152 Å². The van der Waals surface area contributed by atoms with E-state index in [9.17, 15) is 4.79 Å². The van der Waals surface area contributed by atoms with Gasteiger partial charge < -0.3 is 14.5 Å². The van der Waals surface area contributed by atoms with Crippen LogP contribution < -0.4 is 15.7 Å². The molecule has 2 unspecified atom stereocenters. The van der Waals surface area contributed by atoms with Gasteiger partial charge in [-0.1, -0.05) is 192 Å². The lowest BCUT2D eigenvalue weighted by Crippen LogP contribution is -2.67. The fourth-order valence-corrected chi connectivity index (χ4v) is 14.3. The first-order valence-corrected chi connectivity index (χ1v) is 22.9. The van der Waals surface area contributed by atoms with Gasteiger partial charge in [0, 0.05) is 20.1 Å². The van der Waals surface area contributed by atoms with E-state index in [1.165, 1.54) is 10.4 Å². The third kappa shape index (κ3) is 9.28. The summed E-state index contributed by atoms with van der Waals surface area (Å²) in [5, 5.41) is 5.67. The first-order chi connectivity index (χ1) is 27.2. The van der Waals surface area contributed by atoms with E-state index >= 15 is 0 Å². The van der Waals surface area contributed by atoms with Crippen LogP contribution in [-0.2, 0) is 19.6 Å². The minimum atomic E-state index is -2.74. The molecule has 4 nitrogen and oxygen atoms in total. The molecule has 1 fully saturated rings. The number of ether oxygens (including phenoxy) is 1. The van der Waals surface area contributed by atoms with Gasteiger partial charge in [0.2, 0.25) is 5.91 Å². The molecular weight excluding hydrogens is 703 g/mol. The van der Waals surface area contributed by atoms with E-state index in [-0.39, 0.29) is 10.9 Å². The molecule has 0 heterocycles. The fraction of sp³-hybridized carbons (Fsp3) is 0.392. The lowest BCUT2D eigenvalue weighted by molar-refractivity contribution is -0.119. The Morgan fingerprint density at radius 3 is 1.59 bits per heavy atom. The summed E-state index contributed by atoms with van der Waals surface area (Å²) in [6.45, 7) is 13.1. The Hall–Kier alpha value is -4.29. The maximum absolute atomic E-state index is 12.0. The molecule has 294 valence electrons. The molecule has 56 heavy (non-hydrogen) atoms. The van der Waals surface area contributed by atoms with Gasteiger partial charge in [0.1, 0.15) is 5.60 Å². The molecule has 5 heteroatoms. The van der Waals surface area contributed by atoms with E-state index in [0.717, 1.165) is 55.2 Å². The third-order valence-electron chi connectivity index (χ3n) is 12.3. The van der Waals surface area contributed by atoms with Crippen molar-refractivity contribution in [2.24, 2.45) is 23.7 Å². The van der Waals surface area contributed by atoms with Crippen LogP contribution in [0.2, 0.25) is 5.04 Å². The molecule has 1 saturated carbocycles. The van der Waals surface area contributed by atoms with Crippen LogP contribution in [0.25, 0.3) is 0 Å². The maximum atomic E-state index is 12.0. The minimum absolute atomic E-state index is 0.0390. The van der Waals surface area contributed by atoms with Crippen LogP contribution in [0.3, 0.4) is 0 Å². The van der Waals surface area contributed by atoms with Crippen molar-refractivity contribution in [1.29, 1.82) is 0 Å². The Bertz CT molecular complexity index is 1760. The van der Waals surface area contributed by atoms with Crippen molar-refractivity contribution in [2.75, 3.05) is 19.8 Å². The summed E-state index contributed by atoms with van der Waals surface area (Å²) in [6, 6.07) is 54.3. The number of benzene rings is 5. The smallest absolute Gasteiger partial charge is 0.261 e. The molecule has 0 aliphatic heterocycles. The van der Waals surface area contributed by atoms with Gasteiger partial charge in [-0.2, -0.15) is 0 Å². The lowest BCUT2D eigenvalue weighted by atomic mass is 9.77. The first-order valence-electron chi connectivity index (χ1n) is 21.0. The van der Waals surface area contributed by atoms with Gasteiger partial charge in [-0.3, -0.25) is 4.79 Å².